The summed E-state index contributed by atoms with van der Waals surface area (Å²) in [5.74, 6) is 1.02. The van der Waals surface area contributed by atoms with Gasteiger partial charge in [0.15, 0.2) is 0 Å². The Hall–Kier alpha value is -1.35. The van der Waals surface area contributed by atoms with E-state index in [2.05, 4.69) is 41.4 Å². The van der Waals surface area contributed by atoms with Crippen molar-refractivity contribution in [1.29, 1.82) is 0 Å². The molecule has 2 saturated heterocycles. The lowest BCUT2D eigenvalue weighted by atomic mass is 9.91. The summed E-state index contributed by atoms with van der Waals surface area (Å²) in [5.41, 5.74) is 2.55. The standard InChI is InChI=1S/C17H24N2O/c1-13-4-2-5-14(10-13)7-8-17(20)19-9-3-6-15-11-18-12-16(15)19/h2,4-5,10,15-16,18H,3,6-9,11-12H2,1H3. The molecule has 1 aromatic carbocycles. The first-order valence-corrected chi connectivity index (χ1v) is 7.80. The molecule has 0 saturated carbocycles. The number of hydrogen-bond donors (Lipinski definition) is 1. The van der Waals surface area contributed by atoms with E-state index in [0.717, 1.165) is 26.1 Å². The number of aryl methyl sites for hydroxylation is 2. The largest absolute Gasteiger partial charge is 0.338 e. The monoisotopic (exact) mass is 272 g/mol. The Labute approximate surface area is 121 Å². The highest BCUT2D eigenvalue weighted by molar-refractivity contribution is 5.77. The Balaban J connectivity index is 1.58. The van der Waals surface area contributed by atoms with Crippen LogP contribution in [0.4, 0.5) is 0 Å². The zero-order valence-corrected chi connectivity index (χ0v) is 12.3. The molecule has 2 unspecified atom stereocenters. The van der Waals surface area contributed by atoms with Crippen LogP contribution in [0.15, 0.2) is 24.3 Å². The highest BCUT2D eigenvalue weighted by Gasteiger charge is 2.36. The van der Waals surface area contributed by atoms with Crippen LogP contribution in [0.2, 0.25) is 0 Å². The summed E-state index contributed by atoms with van der Waals surface area (Å²) in [5, 5.41) is 3.44. The molecule has 20 heavy (non-hydrogen) atoms. The number of nitrogens with zero attached hydrogens (tertiary/aromatic N) is 1. The Morgan fingerprint density at radius 2 is 2.30 bits per heavy atom. The number of carbonyl (C=O) groups excluding carboxylic acids is 1. The number of rotatable bonds is 3. The van der Waals surface area contributed by atoms with Gasteiger partial charge in [0, 0.05) is 32.1 Å². The van der Waals surface area contributed by atoms with Crippen LogP contribution in [-0.4, -0.2) is 36.5 Å². The van der Waals surface area contributed by atoms with E-state index in [1.54, 1.807) is 0 Å². The van der Waals surface area contributed by atoms with E-state index >= 15 is 0 Å². The molecule has 3 nitrogen and oxygen atoms in total. The van der Waals surface area contributed by atoms with E-state index in [4.69, 9.17) is 0 Å². The van der Waals surface area contributed by atoms with Crippen LogP contribution in [-0.2, 0) is 11.2 Å². The molecule has 3 heteroatoms. The second-order valence-electron chi connectivity index (χ2n) is 6.20. The molecule has 2 aliphatic heterocycles. The SMILES string of the molecule is Cc1cccc(CCC(=O)N2CCCC3CNCC32)c1. The van der Waals surface area contributed by atoms with Crippen LogP contribution in [0.25, 0.3) is 0 Å². The number of nitrogens with one attached hydrogen (secondary N) is 1. The van der Waals surface area contributed by atoms with Gasteiger partial charge in [-0.25, -0.2) is 0 Å². The van der Waals surface area contributed by atoms with Gasteiger partial charge in [-0.2, -0.15) is 0 Å². The number of piperidine rings is 1. The maximum Gasteiger partial charge on any atom is 0.223 e. The topological polar surface area (TPSA) is 32.3 Å². The third-order valence-corrected chi connectivity index (χ3v) is 4.71. The zero-order valence-electron chi connectivity index (χ0n) is 12.3. The van der Waals surface area contributed by atoms with Crippen molar-refractivity contribution in [2.45, 2.75) is 38.6 Å². The lowest BCUT2D eigenvalue weighted by molar-refractivity contribution is -0.135. The average Bonchev–Trinajstić information content (AvgIpc) is 2.93. The smallest absolute Gasteiger partial charge is 0.223 e. The third kappa shape index (κ3) is 2.88. The van der Waals surface area contributed by atoms with Crippen molar-refractivity contribution < 1.29 is 4.79 Å². The summed E-state index contributed by atoms with van der Waals surface area (Å²) >= 11 is 0. The summed E-state index contributed by atoms with van der Waals surface area (Å²) in [6.45, 7) is 5.13. The molecule has 2 heterocycles. The number of hydrogen-bond acceptors (Lipinski definition) is 2. The van der Waals surface area contributed by atoms with E-state index < -0.39 is 0 Å². The number of carbonyl (C=O) groups is 1. The van der Waals surface area contributed by atoms with Gasteiger partial charge in [-0.15, -0.1) is 0 Å². The van der Waals surface area contributed by atoms with Crippen LogP contribution >= 0.6 is 0 Å². The van der Waals surface area contributed by atoms with E-state index in [1.165, 1.54) is 24.0 Å². The molecule has 0 spiro atoms. The number of likely N-dealkylation sites (tertiary alicyclic amines) is 1. The van der Waals surface area contributed by atoms with Crippen molar-refractivity contribution in [2.24, 2.45) is 5.92 Å². The molecule has 0 aromatic heterocycles. The molecule has 1 N–H and O–H groups in total. The van der Waals surface area contributed by atoms with Gasteiger partial charge >= 0.3 is 0 Å². The second-order valence-corrected chi connectivity index (χ2v) is 6.20. The maximum absolute atomic E-state index is 12.5. The van der Waals surface area contributed by atoms with Gasteiger partial charge in [-0.05, 0) is 37.7 Å². The fourth-order valence-corrected chi connectivity index (χ4v) is 3.64. The Morgan fingerprint density at radius 1 is 1.40 bits per heavy atom. The van der Waals surface area contributed by atoms with Crippen molar-refractivity contribution in [3.8, 4) is 0 Å². The average molecular weight is 272 g/mol. The van der Waals surface area contributed by atoms with Crippen LogP contribution in [0.5, 0.6) is 0 Å². The molecule has 108 valence electrons. The molecule has 2 fully saturated rings. The fourth-order valence-electron chi connectivity index (χ4n) is 3.64. The predicted octanol–water partition coefficient (Wildman–Crippen LogP) is 2.14. The fraction of sp³-hybridized carbons (Fsp3) is 0.588. The lowest BCUT2D eigenvalue weighted by Gasteiger charge is -2.37. The third-order valence-electron chi connectivity index (χ3n) is 4.71. The van der Waals surface area contributed by atoms with Crippen molar-refractivity contribution in [3.05, 3.63) is 35.4 Å². The van der Waals surface area contributed by atoms with Gasteiger partial charge in [0.25, 0.3) is 0 Å². The Kier molecular flexibility index (Phi) is 4.06. The van der Waals surface area contributed by atoms with Gasteiger partial charge in [-0.1, -0.05) is 29.8 Å². The van der Waals surface area contributed by atoms with Gasteiger partial charge in [0.2, 0.25) is 5.91 Å². The molecule has 0 radical (unpaired) electrons. The van der Waals surface area contributed by atoms with E-state index in [0.29, 0.717) is 24.3 Å². The van der Waals surface area contributed by atoms with Gasteiger partial charge in [0.1, 0.15) is 0 Å². The van der Waals surface area contributed by atoms with Gasteiger partial charge in [-0.3, -0.25) is 4.79 Å². The minimum absolute atomic E-state index is 0.338. The lowest BCUT2D eigenvalue weighted by Crippen LogP contribution is -2.48. The van der Waals surface area contributed by atoms with Gasteiger partial charge in [0.05, 0.1) is 0 Å². The van der Waals surface area contributed by atoms with Crippen LogP contribution in [0.1, 0.15) is 30.4 Å². The number of fused-ring (bicyclic) bond motifs is 1. The summed E-state index contributed by atoms with van der Waals surface area (Å²) in [6, 6.07) is 8.94. The van der Waals surface area contributed by atoms with Gasteiger partial charge < -0.3 is 10.2 Å². The molecular weight excluding hydrogens is 248 g/mol. The predicted molar refractivity (Wildman–Crippen MR) is 80.6 cm³/mol. The molecule has 0 aliphatic carbocycles. The Bertz CT molecular complexity index is 486. The number of amides is 1. The first kappa shape index (κ1) is 13.6. The molecule has 2 aliphatic rings. The van der Waals surface area contributed by atoms with Crippen LogP contribution < -0.4 is 5.32 Å². The Morgan fingerprint density at radius 3 is 3.15 bits per heavy atom. The van der Waals surface area contributed by atoms with Crippen molar-refractivity contribution in [1.82, 2.24) is 10.2 Å². The molecule has 1 aromatic rings. The second kappa shape index (κ2) is 5.96. The molecular formula is C17H24N2O. The normalized spacial score (nSPS) is 25.6. The summed E-state index contributed by atoms with van der Waals surface area (Å²) in [7, 11) is 0. The van der Waals surface area contributed by atoms with Crippen molar-refractivity contribution in [3.63, 3.8) is 0 Å². The molecule has 0 bridgehead atoms. The summed E-state index contributed by atoms with van der Waals surface area (Å²) in [4.78, 5) is 14.6. The van der Waals surface area contributed by atoms with E-state index in [-0.39, 0.29) is 0 Å². The van der Waals surface area contributed by atoms with Crippen molar-refractivity contribution in [2.75, 3.05) is 19.6 Å². The number of benzene rings is 1. The highest BCUT2D eigenvalue weighted by atomic mass is 16.2. The first-order chi connectivity index (χ1) is 9.74. The first-order valence-electron chi connectivity index (χ1n) is 7.80. The molecule has 2 atom stereocenters. The highest BCUT2D eigenvalue weighted by Crippen LogP contribution is 2.27. The minimum Gasteiger partial charge on any atom is -0.338 e. The molecule has 3 rings (SSSR count). The van der Waals surface area contributed by atoms with E-state index in [9.17, 15) is 4.79 Å². The van der Waals surface area contributed by atoms with Crippen molar-refractivity contribution >= 4 is 5.91 Å². The van der Waals surface area contributed by atoms with Crippen LogP contribution in [0.3, 0.4) is 0 Å². The summed E-state index contributed by atoms with van der Waals surface area (Å²) in [6.07, 6.45) is 3.95. The molecule has 1 amide bonds. The van der Waals surface area contributed by atoms with E-state index in [1.807, 2.05) is 0 Å². The van der Waals surface area contributed by atoms with Crippen LogP contribution in [0, 0.1) is 12.8 Å². The maximum atomic E-state index is 12.5. The summed E-state index contributed by atoms with van der Waals surface area (Å²) < 4.78 is 0. The zero-order chi connectivity index (χ0) is 13.9. The minimum atomic E-state index is 0.338. The quantitative estimate of drug-likeness (QED) is 0.914.